The highest BCUT2D eigenvalue weighted by molar-refractivity contribution is 9.10. The fraction of sp³-hybridized carbons (Fsp3) is 0.167. The second-order valence-electron chi connectivity index (χ2n) is 5.78. The molecule has 4 nitrogen and oxygen atoms in total. The number of halogens is 1. The molecule has 0 aliphatic rings. The molecule has 0 spiro atoms. The molecule has 4 aromatic rings. The molecular formula is C18H15BrN4S. The highest BCUT2D eigenvalue weighted by Crippen LogP contribution is 2.36. The number of rotatable bonds is 2. The van der Waals surface area contributed by atoms with Crippen molar-refractivity contribution >= 4 is 38.3 Å². The van der Waals surface area contributed by atoms with Crippen molar-refractivity contribution < 1.29 is 0 Å². The van der Waals surface area contributed by atoms with Crippen LogP contribution in [0.2, 0.25) is 0 Å². The van der Waals surface area contributed by atoms with Crippen LogP contribution < -0.4 is 0 Å². The molecule has 0 atom stereocenters. The van der Waals surface area contributed by atoms with Crippen LogP contribution in [0.4, 0.5) is 0 Å². The van der Waals surface area contributed by atoms with Crippen molar-refractivity contribution in [1.29, 1.82) is 0 Å². The molecule has 6 heteroatoms. The minimum Gasteiger partial charge on any atom is -0.348 e. The summed E-state index contributed by atoms with van der Waals surface area (Å²) in [7, 11) is 2.04. The first-order valence-electron chi connectivity index (χ1n) is 7.55. The van der Waals surface area contributed by atoms with Crippen molar-refractivity contribution in [2.45, 2.75) is 13.8 Å². The Hall–Kier alpha value is -2.05. The number of hydrogen-bond donors (Lipinski definition) is 0. The first kappa shape index (κ1) is 15.5. The number of fused-ring (bicyclic) bond motifs is 1. The van der Waals surface area contributed by atoms with Gasteiger partial charge in [-0.05, 0) is 53.5 Å². The molecule has 0 bridgehead atoms. The van der Waals surface area contributed by atoms with E-state index >= 15 is 0 Å². The average Bonchev–Trinajstić information content (AvgIpc) is 3.09. The third-order valence-electron chi connectivity index (χ3n) is 4.01. The van der Waals surface area contributed by atoms with Gasteiger partial charge in [-0.3, -0.25) is 4.98 Å². The quantitative estimate of drug-likeness (QED) is 0.469. The van der Waals surface area contributed by atoms with Gasteiger partial charge in [-0.1, -0.05) is 0 Å². The summed E-state index contributed by atoms with van der Waals surface area (Å²) >= 11 is 5.28. The Balaban J connectivity index is 1.89. The van der Waals surface area contributed by atoms with Gasteiger partial charge in [0.15, 0.2) is 0 Å². The Morgan fingerprint density at radius 3 is 2.79 bits per heavy atom. The topological polar surface area (TPSA) is 43.6 Å². The molecule has 0 aliphatic carbocycles. The van der Waals surface area contributed by atoms with Crippen molar-refractivity contribution in [3.63, 3.8) is 0 Å². The molecule has 0 unspecified atom stereocenters. The maximum absolute atomic E-state index is 4.88. The number of hydrogen-bond acceptors (Lipinski definition) is 4. The van der Waals surface area contributed by atoms with Crippen LogP contribution in [0.3, 0.4) is 0 Å². The van der Waals surface area contributed by atoms with E-state index in [2.05, 4.69) is 44.7 Å². The second-order valence-corrected chi connectivity index (χ2v) is 7.64. The van der Waals surface area contributed by atoms with Crippen molar-refractivity contribution in [1.82, 2.24) is 19.5 Å². The summed E-state index contributed by atoms with van der Waals surface area (Å²) in [5, 5.41) is 0.974. The van der Waals surface area contributed by atoms with Gasteiger partial charge in [0.1, 0.15) is 10.5 Å². The number of aromatic nitrogens is 4. The van der Waals surface area contributed by atoms with Crippen molar-refractivity contribution in [2.75, 3.05) is 0 Å². The van der Waals surface area contributed by atoms with Crippen LogP contribution >= 0.6 is 27.3 Å². The smallest absolute Gasteiger partial charge is 0.125 e. The lowest BCUT2D eigenvalue weighted by molar-refractivity contribution is 0.961. The highest BCUT2D eigenvalue weighted by Gasteiger charge is 2.16. The summed E-state index contributed by atoms with van der Waals surface area (Å²) in [6.07, 6.45) is 5.67. The van der Waals surface area contributed by atoms with Crippen LogP contribution in [0.1, 0.15) is 11.3 Å². The van der Waals surface area contributed by atoms with Crippen LogP contribution in [-0.4, -0.2) is 19.5 Å². The van der Waals surface area contributed by atoms with E-state index in [9.17, 15) is 0 Å². The molecule has 0 fully saturated rings. The van der Waals surface area contributed by atoms with E-state index in [0.29, 0.717) is 0 Å². The maximum atomic E-state index is 4.88. The van der Waals surface area contributed by atoms with Gasteiger partial charge < -0.3 is 4.57 Å². The zero-order valence-electron chi connectivity index (χ0n) is 13.5. The molecule has 120 valence electrons. The van der Waals surface area contributed by atoms with Crippen molar-refractivity contribution in [2.24, 2.45) is 7.05 Å². The largest absolute Gasteiger partial charge is 0.348 e. The lowest BCUT2D eigenvalue weighted by Gasteiger charge is -2.04. The lowest BCUT2D eigenvalue weighted by Crippen LogP contribution is -1.91. The monoisotopic (exact) mass is 398 g/mol. The molecule has 4 rings (SSSR count). The SMILES string of the molecule is Cc1nc(-c2cccnc2)sc1-c1cc(C)c2c(n1)c(Br)cn2C. The average molecular weight is 399 g/mol. The van der Waals surface area contributed by atoms with E-state index in [4.69, 9.17) is 9.97 Å². The van der Waals surface area contributed by atoms with Gasteiger partial charge >= 0.3 is 0 Å². The minimum atomic E-state index is 0.969. The predicted molar refractivity (Wildman–Crippen MR) is 102 cm³/mol. The Morgan fingerprint density at radius 2 is 2.04 bits per heavy atom. The van der Waals surface area contributed by atoms with Crippen LogP contribution in [0.25, 0.3) is 32.2 Å². The Kier molecular flexibility index (Phi) is 3.73. The van der Waals surface area contributed by atoms with Crippen LogP contribution in [-0.2, 0) is 7.05 Å². The molecule has 0 saturated carbocycles. The van der Waals surface area contributed by atoms with E-state index in [1.54, 1.807) is 17.5 Å². The van der Waals surface area contributed by atoms with Gasteiger partial charge in [0.05, 0.1) is 26.3 Å². The summed E-state index contributed by atoms with van der Waals surface area (Å²) in [5.41, 5.74) is 6.35. The van der Waals surface area contributed by atoms with Crippen LogP contribution in [0, 0.1) is 13.8 Å². The van der Waals surface area contributed by atoms with Gasteiger partial charge in [-0.2, -0.15) is 0 Å². The standard InChI is InChI=1S/C18H15BrN4S/c1-10-7-14(22-15-13(19)9-23(3)16(10)15)17-11(2)21-18(24-17)12-5-4-6-20-8-12/h4-9H,1-3H3. The molecule has 4 heterocycles. The number of pyridine rings is 2. The predicted octanol–water partition coefficient (Wildman–Crippen LogP) is 5.14. The fourth-order valence-corrected chi connectivity index (χ4v) is 4.54. The summed E-state index contributed by atoms with van der Waals surface area (Å²) in [4.78, 5) is 14.9. The molecule has 0 N–H and O–H groups in total. The van der Waals surface area contributed by atoms with Gasteiger partial charge in [0, 0.05) is 31.2 Å². The lowest BCUT2D eigenvalue weighted by atomic mass is 10.2. The molecule has 0 radical (unpaired) electrons. The van der Waals surface area contributed by atoms with Crippen LogP contribution in [0.15, 0.2) is 41.3 Å². The van der Waals surface area contributed by atoms with Gasteiger partial charge in [0.25, 0.3) is 0 Å². The summed E-state index contributed by atoms with van der Waals surface area (Å²) < 4.78 is 3.12. The normalized spacial score (nSPS) is 11.3. The Bertz CT molecular complexity index is 1050. The summed E-state index contributed by atoms with van der Waals surface area (Å²) in [6.45, 7) is 4.16. The number of aryl methyl sites for hydroxylation is 3. The Morgan fingerprint density at radius 1 is 1.21 bits per heavy atom. The number of nitrogens with zero attached hydrogens (tertiary/aromatic N) is 4. The molecule has 0 aromatic carbocycles. The van der Waals surface area contributed by atoms with Crippen LogP contribution in [0.5, 0.6) is 0 Å². The molecular weight excluding hydrogens is 384 g/mol. The number of thiazole rings is 1. The molecule has 0 saturated heterocycles. The van der Waals surface area contributed by atoms with Crippen molar-refractivity contribution in [3.8, 4) is 21.1 Å². The minimum absolute atomic E-state index is 0.969. The first-order chi connectivity index (χ1) is 11.5. The maximum Gasteiger partial charge on any atom is 0.125 e. The first-order valence-corrected chi connectivity index (χ1v) is 9.16. The molecule has 24 heavy (non-hydrogen) atoms. The van der Waals surface area contributed by atoms with Crippen molar-refractivity contribution in [3.05, 3.63) is 52.5 Å². The third-order valence-corrected chi connectivity index (χ3v) is 5.82. The molecule has 4 aromatic heterocycles. The van der Waals surface area contributed by atoms with E-state index in [0.717, 1.165) is 42.3 Å². The highest BCUT2D eigenvalue weighted by atomic mass is 79.9. The third kappa shape index (κ3) is 2.46. The Labute approximate surface area is 152 Å². The van der Waals surface area contributed by atoms with Gasteiger partial charge in [0.2, 0.25) is 0 Å². The van der Waals surface area contributed by atoms with E-state index in [1.165, 1.54) is 5.56 Å². The summed E-state index contributed by atoms with van der Waals surface area (Å²) in [5.74, 6) is 0. The molecule has 0 aliphatic heterocycles. The molecule has 0 amide bonds. The fourth-order valence-electron chi connectivity index (χ4n) is 2.94. The van der Waals surface area contributed by atoms with E-state index < -0.39 is 0 Å². The van der Waals surface area contributed by atoms with Gasteiger partial charge in [-0.15, -0.1) is 11.3 Å². The zero-order chi connectivity index (χ0) is 16.8. The van der Waals surface area contributed by atoms with Gasteiger partial charge in [-0.25, -0.2) is 9.97 Å². The zero-order valence-corrected chi connectivity index (χ0v) is 15.9. The second kappa shape index (κ2) is 5.79. The summed E-state index contributed by atoms with van der Waals surface area (Å²) in [6, 6.07) is 6.11. The van der Waals surface area contributed by atoms with E-state index in [1.807, 2.05) is 32.3 Å². The van der Waals surface area contributed by atoms with E-state index in [-0.39, 0.29) is 0 Å².